The van der Waals surface area contributed by atoms with Gasteiger partial charge in [0.2, 0.25) is 0 Å². The summed E-state index contributed by atoms with van der Waals surface area (Å²) in [5.41, 5.74) is 1.42. The number of anilines is 1. The second-order valence-corrected chi connectivity index (χ2v) is 9.52. The molecule has 40 heavy (non-hydrogen) atoms. The molecule has 218 valence electrons. The first kappa shape index (κ1) is 31.0. The number of benzene rings is 2. The Balaban J connectivity index is 0.00000216. The first-order chi connectivity index (χ1) is 19.3. The molecule has 2 unspecified atom stereocenters. The van der Waals surface area contributed by atoms with Crippen LogP contribution in [0.1, 0.15) is 57.6 Å². The van der Waals surface area contributed by atoms with Crippen molar-refractivity contribution in [2.45, 2.75) is 58.6 Å². The summed E-state index contributed by atoms with van der Waals surface area (Å²) in [6.07, 6.45) is 6.00. The van der Waals surface area contributed by atoms with E-state index in [1.54, 1.807) is 13.3 Å². The number of aryl methyl sites for hydroxylation is 1. The van der Waals surface area contributed by atoms with Gasteiger partial charge in [0.25, 0.3) is 5.72 Å². The number of nitrogens with zero attached hydrogens (tertiary/aromatic N) is 3. The standard InChI is InChI=1S/C28H33F3N4O3.C2H6/c1-18(32-2)16-33-24-11-9-19(13-25(24)37-4)8-10-20-7-5-6-12-35-27(20)34-38-28(35,17-36-3)21-14-22(29)26(31)23(30)15-21;1-2/h9,11,13-16,20,33H,2,5-8,10,12,17H2,1,3-4H3;1-2H3/b18-16-;. The second-order valence-electron chi connectivity index (χ2n) is 9.52. The van der Waals surface area contributed by atoms with Crippen LogP contribution in [-0.4, -0.2) is 44.8 Å². The van der Waals surface area contributed by atoms with E-state index in [0.717, 1.165) is 61.2 Å². The van der Waals surface area contributed by atoms with Gasteiger partial charge in [-0.15, -0.1) is 0 Å². The van der Waals surface area contributed by atoms with Crippen molar-refractivity contribution in [1.82, 2.24) is 4.90 Å². The van der Waals surface area contributed by atoms with Crippen molar-refractivity contribution in [1.29, 1.82) is 0 Å². The number of oxime groups is 1. The van der Waals surface area contributed by atoms with E-state index in [-0.39, 0.29) is 18.1 Å². The lowest BCUT2D eigenvalue weighted by Crippen LogP contribution is -2.50. The van der Waals surface area contributed by atoms with E-state index in [1.807, 2.05) is 43.9 Å². The van der Waals surface area contributed by atoms with Crippen LogP contribution in [0.15, 0.2) is 52.4 Å². The van der Waals surface area contributed by atoms with Crippen molar-refractivity contribution >= 4 is 18.2 Å². The summed E-state index contributed by atoms with van der Waals surface area (Å²) >= 11 is 0. The number of hydrogen-bond donors (Lipinski definition) is 1. The largest absolute Gasteiger partial charge is 0.495 e. The van der Waals surface area contributed by atoms with Crippen LogP contribution < -0.4 is 10.1 Å². The minimum absolute atomic E-state index is 0.0296. The van der Waals surface area contributed by atoms with Crippen molar-refractivity contribution in [3.05, 3.63) is 70.8 Å². The van der Waals surface area contributed by atoms with Crippen LogP contribution in [0.2, 0.25) is 0 Å². The first-order valence-electron chi connectivity index (χ1n) is 13.6. The van der Waals surface area contributed by atoms with Crippen molar-refractivity contribution < 1.29 is 27.5 Å². The van der Waals surface area contributed by atoms with Gasteiger partial charge in [0, 0.05) is 31.3 Å². The highest BCUT2D eigenvalue weighted by Crippen LogP contribution is 2.41. The fraction of sp³-hybridized carbons (Fsp3) is 0.467. The summed E-state index contributed by atoms with van der Waals surface area (Å²) in [6, 6.07) is 7.90. The molecule has 2 heterocycles. The van der Waals surface area contributed by atoms with Crippen LogP contribution in [0.4, 0.5) is 18.9 Å². The lowest BCUT2D eigenvalue weighted by molar-refractivity contribution is -0.144. The third-order valence-corrected chi connectivity index (χ3v) is 7.06. The molecule has 10 heteroatoms. The van der Waals surface area contributed by atoms with E-state index in [1.165, 1.54) is 7.11 Å². The van der Waals surface area contributed by atoms with Gasteiger partial charge >= 0.3 is 0 Å². The molecule has 0 radical (unpaired) electrons. The van der Waals surface area contributed by atoms with Gasteiger partial charge in [0.1, 0.15) is 12.4 Å². The minimum Gasteiger partial charge on any atom is -0.495 e. The summed E-state index contributed by atoms with van der Waals surface area (Å²) in [7, 11) is 3.10. The van der Waals surface area contributed by atoms with Crippen LogP contribution in [0, 0.1) is 23.4 Å². The lowest BCUT2D eigenvalue weighted by Gasteiger charge is -2.37. The predicted molar refractivity (Wildman–Crippen MR) is 152 cm³/mol. The highest BCUT2D eigenvalue weighted by atomic mass is 19.2. The maximum absolute atomic E-state index is 14.2. The fourth-order valence-corrected chi connectivity index (χ4v) is 5.01. The van der Waals surface area contributed by atoms with Gasteiger partial charge < -0.3 is 24.5 Å². The average molecular weight is 561 g/mol. The molecule has 0 bridgehead atoms. The predicted octanol–water partition coefficient (Wildman–Crippen LogP) is 6.99. The number of nitrogens with one attached hydrogen (secondary N) is 1. The molecule has 1 saturated heterocycles. The van der Waals surface area contributed by atoms with Gasteiger partial charge in [-0.05, 0) is 69.2 Å². The molecule has 2 aromatic carbocycles. The van der Waals surface area contributed by atoms with E-state index in [4.69, 9.17) is 14.3 Å². The van der Waals surface area contributed by atoms with Gasteiger partial charge in [-0.3, -0.25) is 4.99 Å². The number of aliphatic imine (C=N–C) groups is 1. The van der Waals surface area contributed by atoms with Gasteiger partial charge in [-0.2, -0.15) is 0 Å². The molecule has 0 spiro atoms. The van der Waals surface area contributed by atoms with Crippen molar-refractivity contribution in [3.63, 3.8) is 0 Å². The normalized spacial score (nSPS) is 20.4. The molecule has 2 atom stereocenters. The monoisotopic (exact) mass is 560 g/mol. The molecule has 2 aromatic rings. The molecular weight excluding hydrogens is 521 g/mol. The Morgan fingerprint density at radius 2 is 1.93 bits per heavy atom. The Morgan fingerprint density at radius 3 is 2.58 bits per heavy atom. The number of halogens is 3. The molecule has 0 amide bonds. The van der Waals surface area contributed by atoms with Crippen LogP contribution in [0.3, 0.4) is 0 Å². The fourth-order valence-electron chi connectivity index (χ4n) is 5.01. The molecule has 2 aliphatic rings. The van der Waals surface area contributed by atoms with E-state index in [2.05, 4.69) is 22.2 Å². The molecule has 7 nitrogen and oxygen atoms in total. The summed E-state index contributed by atoms with van der Waals surface area (Å²) in [5, 5.41) is 7.59. The van der Waals surface area contributed by atoms with Crippen LogP contribution in [0.25, 0.3) is 0 Å². The quantitative estimate of drug-likeness (QED) is 0.251. The number of allylic oxidation sites excluding steroid dienone is 1. The van der Waals surface area contributed by atoms with Crippen molar-refractivity contribution in [2.24, 2.45) is 16.1 Å². The summed E-state index contributed by atoms with van der Waals surface area (Å²) in [4.78, 5) is 11.7. The van der Waals surface area contributed by atoms with Gasteiger partial charge in [-0.1, -0.05) is 31.5 Å². The number of rotatable bonds is 10. The molecule has 0 saturated carbocycles. The number of fused-ring (bicyclic) bond motifs is 1. The maximum atomic E-state index is 14.2. The minimum atomic E-state index is -1.52. The Morgan fingerprint density at radius 1 is 1.20 bits per heavy atom. The van der Waals surface area contributed by atoms with Crippen LogP contribution >= 0.6 is 0 Å². The zero-order valence-corrected chi connectivity index (χ0v) is 23.9. The van der Waals surface area contributed by atoms with E-state index in [0.29, 0.717) is 18.1 Å². The van der Waals surface area contributed by atoms with Crippen molar-refractivity contribution in [3.8, 4) is 5.75 Å². The Kier molecular flexibility index (Phi) is 11.0. The second kappa shape index (κ2) is 14.2. The molecular formula is C30H39F3N4O3. The smallest absolute Gasteiger partial charge is 0.260 e. The SMILES string of the molecule is C=N/C(C)=C\Nc1ccc(CCC2CCCCN3C2=NOC3(COC)c2cc(F)c(F)c(F)c2)cc1OC.CC. The summed E-state index contributed by atoms with van der Waals surface area (Å²) in [6.45, 7) is 9.89. The number of ether oxygens (including phenoxy) is 2. The Labute approximate surface area is 234 Å². The Hall–Kier alpha value is -3.53. The lowest BCUT2D eigenvalue weighted by atomic mass is 9.93. The summed E-state index contributed by atoms with van der Waals surface area (Å²) < 4.78 is 53.1. The van der Waals surface area contributed by atoms with Gasteiger partial charge in [-0.25, -0.2) is 13.2 Å². The summed E-state index contributed by atoms with van der Waals surface area (Å²) in [5.74, 6) is -2.60. The molecule has 1 fully saturated rings. The molecule has 0 aromatic heterocycles. The van der Waals surface area contributed by atoms with Crippen LogP contribution in [-0.2, 0) is 21.7 Å². The number of hydrogen-bond acceptors (Lipinski definition) is 7. The zero-order valence-electron chi connectivity index (χ0n) is 23.9. The average Bonchev–Trinajstić information content (AvgIpc) is 3.20. The van der Waals surface area contributed by atoms with Crippen LogP contribution in [0.5, 0.6) is 5.75 Å². The maximum Gasteiger partial charge on any atom is 0.260 e. The molecule has 2 aliphatic heterocycles. The zero-order chi connectivity index (χ0) is 29.3. The highest BCUT2D eigenvalue weighted by molar-refractivity contribution is 5.86. The number of methoxy groups -OCH3 is 2. The van der Waals surface area contributed by atoms with E-state index < -0.39 is 23.2 Å². The third kappa shape index (κ3) is 6.60. The molecule has 0 aliphatic carbocycles. The molecule has 1 N–H and O–H groups in total. The van der Waals surface area contributed by atoms with Crippen molar-refractivity contribution in [2.75, 3.05) is 32.7 Å². The van der Waals surface area contributed by atoms with Gasteiger partial charge in [0.15, 0.2) is 23.3 Å². The van der Waals surface area contributed by atoms with E-state index in [9.17, 15) is 13.2 Å². The number of amidine groups is 1. The topological polar surface area (TPSA) is 67.7 Å². The first-order valence-corrected chi connectivity index (χ1v) is 13.6. The van der Waals surface area contributed by atoms with Gasteiger partial charge in [0.05, 0.1) is 18.5 Å². The van der Waals surface area contributed by atoms with E-state index >= 15 is 0 Å². The molecule has 4 rings (SSSR count). The highest BCUT2D eigenvalue weighted by Gasteiger charge is 2.50. The Bertz CT molecular complexity index is 1210. The third-order valence-electron chi connectivity index (χ3n) is 7.06.